The van der Waals surface area contributed by atoms with Crippen molar-refractivity contribution < 1.29 is 9.84 Å². The molecule has 0 aliphatic rings. The third kappa shape index (κ3) is 3.66. The molecular formula is C24H24ClN3O2. The maximum Gasteiger partial charge on any atom is 0.218 e. The molecule has 30 heavy (non-hydrogen) atoms. The fourth-order valence-corrected chi connectivity index (χ4v) is 4.15. The van der Waals surface area contributed by atoms with E-state index >= 15 is 0 Å². The van der Waals surface area contributed by atoms with Crippen LogP contribution in [-0.4, -0.2) is 26.8 Å². The van der Waals surface area contributed by atoms with E-state index in [1.165, 1.54) is 5.56 Å². The van der Waals surface area contributed by atoms with Gasteiger partial charge in [0.2, 0.25) is 5.88 Å². The summed E-state index contributed by atoms with van der Waals surface area (Å²) in [5.41, 5.74) is 6.32. The fourth-order valence-electron chi connectivity index (χ4n) is 3.86. The second-order valence-corrected chi connectivity index (χ2v) is 8.02. The van der Waals surface area contributed by atoms with Gasteiger partial charge in [0.1, 0.15) is 6.10 Å². The number of imidazole rings is 1. The molecule has 0 saturated carbocycles. The van der Waals surface area contributed by atoms with E-state index in [4.69, 9.17) is 21.3 Å². The van der Waals surface area contributed by atoms with Gasteiger partial charge in [-0.1, -0.05) is 47.5 Å². The molecule has 2 aromatic carbocycles. The Morgan fingerprint density at radius 3 is 2.67 bits per heavy atom. The number of pyridine rings is 1. The summed E-state index contributed by atoms with van der Waals surface area (Å²) in [7, 11) is 3.47. The standard InChI is InChI=1S/C24H24ClN3O2/c1-14-6-5-7-16(8-14)10-19-21(25)18-11-17(23(29)20-12-26-13-28(20)3)9-15(2)22(18)27-24(19)30-4/h5-9,11-13,23,29H,10H2,1-4H3. The van der Waals surface area contributed by atoms with Crippen LogP contribution in [0.2, 0.25) is 5.02 Å². The number of nitrogens with zero attached hydrogens (tertiary/aromatic N) is 3. The molecule has 0 bridgehead atoms. The summed E-state index contributed by atoms with van der Waals surface area (Å²) in [6.07, 6.45) is 3.15. The van der Waals surface area contributed by atoms with Gasteiger partial charge in [0.05, 0.1) is 35.9 Å². The zero-order valence-corrected chi connectivity index (χ0v) is 18.2. The first-order valence-corrected chi connectivity index (χ1v) is 10.1. The number of hydrogen-bond acceptors (Lipinski definition) is 4. The van der Waals surface area contributed by atoms with E-state index in [2.05, 4.69) is 30.1 Å². The number of benzene rings is 2. The van der Waals surface area contributed by atoms with E-state index in [0.29, 0.717) is 23.0 Å². The Bertz CT molecular complexity index is 1230. The maximum atomic E-state index is 10.9. The molecule has 0 aliphatic carbocycles. The van der Waals surface area contributed by atoms with Gasteiger partial charge in [0.15, 0.2) is 0 Å². The topological polar surface area (TPSA) is 60.2 Å². The molecule has 0 spiro atoms. The lowest BCUT2D eigenvalue weighted by molar-refractivity contribution is 0.211. The van der Waals surface area contributed by atoms with Gasteiger partial charge >= 0.3 is 0 Å². The summed E-state index contributed by atoms with van der Waals surface area (Å²) in [5, 5.41) is 12.3. The van der Waals surface area contributed by atoms with E-state index in [-0.39, 0.29) is 0 Å². The number of fused-ring (bicyclic) bond motifs is 1. The van der Waals surface area contributed by atoms with Crippen molar-refractivity contribution in [2.75, 3.05) is 7.11 Å². The van der Waals surface area contributed by atoms with Crippen LogP contribution < -0.4 is 4.74 Å². The van der Waals surface area contributed by atoms with Gasteiger partial charge in [0.25, 0.3) is 0 Å². The Hall–Kier alpha value is -2.89. The summed E-state index contributed by atoms with van der Waals surface area (Å²) in [6, 6.07) is 12.1. The van der Waals surface area contributed by atoms with E-state index in [1.54, 1.807) is 24.2 Å². The minimum absolute atomic E-state index is 0.525. The zero-order chi connectivity index (χ0) is 21.4. The average Bonchev–Trinajstić information content (AvgIpc) is 3.15. The van der Waals surface area contributed by atoms with Crippen molar-refractivity contribution in [1.82, 2.24) is 14.5 Å². The smallest absolute Gasteiger partial charge is 0.218 e. The summed E-state index contributed by atoms with van der Waals surface area (Å²) < 4.78 is 7.39. The van der Waals surface area contributed by atoms with Gasteiger partial charge in [-0.15, -0.1) is 0 Å². The molecule has 0 saturated heterocycles. The molecule has 0 fully saturated rings. The average molecular weight is 422 g/mol. The minimum Gasteiger partial charge on any atom is -0.481 e. The van der Waals surface area contributed by atoms with Gasteiger partial charge in [-0.05, 0) is 36.6 Å². The molecule has 2 heterocycles. The van der Waals surface area contributed by atoms with Crippen molar-refractivity contribution >= 4 is 22.5 Å². The van der Waals surface area contributed by atoms with Crippen LogP contribution in [0, 0.1) is 13.8 Å². The lowest BCUT2D eigenvalue weighted by Gasteiger charge is -2.17. The first kappa shape index (κ1) is 20.4. The third-order valence-corrected chi connectivity index (χ3v) is 5.83. The van der Waals surface area contributed by atoms with E-state index in [0.717, 1.165) is 33.2 Å². The van der Waals surface area contributed by atoms with E-state index in [1.807, 2.05) is 32.2 Å². The number of aryl methyl sites for hydroxylation is 3. The number of aliphatic hydroxyl groups is 1. The summed E-state index contributed by atoms with van der Waals surface area (Å²) >= 11 is 6.90. The molecule has 4 aromatic rings. The van der Waals surface area contributed by atoms with Crippen molar-refractivity contribution in [2.24, 2.45) is 7.05 Å². The molecule has 1 atom stereocenters. The number of rotatable bonds is 5. The van der Waals surface area contributed by atoms with Crippen LogP contribution in [0.5, 0.6) is 5.88 Å². The highest BCUT2D eigenvalue weighted by molar-refractivity contribution is 6.36. The van der Waals surface area contributed by atoms with E-state index in [9.17, 15) is 5.11 Å². The highest BCUT2D eigenvalue weighted by atomic mass is 35.5. The van der Waals surface area contributed by atoms with Gasteiger partial charge in [0, 0.05) is 24.4 Å². The first-order chi connectivity index (χ1) is 14.4. The number of hydrogen-bond donors (Lipinski definition) is 1. The fraction of sp³-hybridized carbons (Fsp3) is 0.250. The van der Waals surface area contributed by atoms with Crippen LogP contribution in [0.4, 0.5) is 0 Å². The number of methoxy groups -OCH3 is 1. The Kier molecular flexibility index (Phi) is 5.50. The Morgan fingerprint density at radius 2 is 2.00 bits per heavy atom. The minimum atomic E-state index is -0.806. The van der Waals surface area contributed by atoms with Crippen LogP contribution in [0.3, 0.4) is 0 Å². The molecule has 4 rings (SSSR count). The molecule has 154 valence electrons. The lowest BCUT2D eigenvalue weighted by atomic mass is 9.97. The molecule has 5 nitrogen and oxygen atoms in total. The molecule has 0 aliphatic heterocycles. The van der Waals surface area contributed by atoms with Crippen LogP contribution in [-0.2, 0) is 13.5 Å². The zero-order valence-electron chi connectivity index (χ0n) is 17.5. The number of halogens is 1. The second-order valence-electron chi connectivity index (χ2n) is 7.65. The normalized spacial score (nSPS) is 12.3. The summed E-state index contributed by atoms with van der Waals surface area (Å²) in [5.74, 6) is 0.525. The first-order valence-electron chi connectivity index (χ1n) is 9.75. The van der Waals surface area contributed by atoms with Crippen LogP contribution in [0.25, 0.3) is 10.9 Å². The molecule has 1 N–H and O–H groups in total. The summed E-state index contributed by atoms with van der Waals surface area (Å²) in [4.78, 5) is 8.86. The molecular weight excluding hydrogens is 398 g/mol. The van der Waals surface area contributed by atoms with Crippen molar-refractivity contribution in [2.45, 2.75) is 26.4 Å². The number of aromatic nitrogens is 3. The van der Waals surface area contributed by atoms with Crippen LogP contribution in [0.15, 0.2) is 48.9 Å². The van der Waals surface area contributed by atoms with Gasteiger partial charge in [-0.3, -0.25) is 0 Å². The lowest BCUT2D eigenvalue weighted by Crippen LogP contribution is -2.06. The number of aliphatic hydroxyl groups excluding tert-OH is 1. The highest BCUT2D eigenvalue weighted by Gasteiger charge is 2.20. The van der Waals surface area contributed by atoms with Crippen molar-refractivity contribution in [3.8, 4) is 5.88 Å². The van der Waals surface area contributed by atoms with E-state index < -0.39 is 6.10 Å². The largest absolute Gasteiger partial charge is 0.481 e. The Labute approximate surface area is 180 Å². The van der Waals surface area contributed by atoms with Crippen molar-refractivity contribution in [1.29, 1.82) is 0 Å². The number of ether oxygens (including phenoxy) is 1. The second kappa shape index (κ2) is 8.09. The van der Waals surface area contributed by atoms with Gasteiger partial charge in [-0.25, -0.2) is 9.97 Å². The van der Waals surface area contributed by atoms with Crippen molar-refractivity contribution in [3.63, 3.8) is 0 Å². The SMILES string of the molecule is COc1nc2c(C)cc(C(O)c3cncn3C)cc2c(Cl)c1Cc1cccc(C)c1. The Balaban J connectivity index is 1.87. The maximum absolute atomic E-state index is 10.9. The molecule has 0 radical (unpaired) electrons. The molecule has 1 unspecified atom stereocenters. The third-order valence-electron chi connectivity index (χ3n) is 5.40. The molecule has 0 amide bonds. The highest BCUT2D eigenvalue weighted by Crippen LogP contribution is 2.37. The molecule has 2 aromatic heterocycles. The monoisotopic (exact) mass is 421 g/mol. The quantitative estimate of drug-likeness (QED) is 0.497. The van der Waals surface area contributed by atoms with Gasteiger partial charge < -0.3 is 14.4 Å². The van der Waals surface area contributed by atoms with Crippen molar-refractivity contribution in [3.05, 3.63) is 87.5 Å². The predicted octanol–water partition coefficient (Wildman–Crippen LogP) is 4.92. The molecule has 6 heteroatoms. The Morgan fingerprint density at radius 1 is 1.20 bits per heavy atom. The van der Waals surface area contributed by atoms with Gasteiger partial charge in [-0.2, -0.15) is 0 Å². The van der Waals surface area contributed by atoms with Crippen LogP contribution >= 0.6 is 11.6 Å². The predicted molar refractivity (Wildman–Crippen MR) is 119 cm³/mol. The van der Waals surface area contributed by atoms with Crippen LogP contribution in [0.1, 0.15) is 39.6 Å². The summed E-state index contributed by atoms with van der Waals surface area (Å²) in [6.45, 7) is 4.03.